The average Bonchev–Trinajstić information content (AvgIpc) is 3.17. The predicted molar refractivity (Wildman–Crippen MR) is 81.3 cm³/mol. The van der Waals surface area contributed by atoms with Crippen LogP contribution in [0.5, 0.6) is 0 Å². The van der Waals surface area contributed by atoms with Gasteiger partial charge in [0.25, 0.3) is 5.91 Å². The largest absolute Gasteiger partial charge is 0.332 e. The highest BCUT2D eigenvalue weighted by Gasteiger charge is 2.36. The number of benzene rings is 1. The van der Waals surface area contributed by atoms with E-state index in [4.69, 9.17) is 0 Å². The summed E-state index contributed by atoms with van der Waals surface area (Å²) in [6.45, 7) is 0. The van der Waals surface area contributed by atoms with E-state index in [9.17, 15) is 14.4 Å². The highest BCUT2D eigenvalue weighted by molar-refractivity contribution is 7.99. The van der Waals surface area contributed by atoms with E-state index in [0.29, 0.717) is 17.9 Å². The van der Waals surface area contributed by atoms with Crippen LogP contribution in [0.3, 0.4) is 0 Å². The summed E-state index contributed by atoms with van der Waals surface area (Å²) in [5, 5.41) is 16.2. The van der Waals surface area contributed by atoms with Crippen molar-refractivity contribution in [2.75, 3.05) is 11.5 Å². The Kier molecular flexibility index (Phi) is 3.86. The van der Waals surface area contributed by atoms with Crippen LogP contribution >= 0.6 is 11.8 Å². The number of rotatable bonds is 3. The summed E-state index contributed by atoms with van der Waals surface area (Å²) in [7, 11) is 0. The number of hydrogen-bond donors (Lipinski definition) is 1. The quantitative estimate of drug-likeness (QED) is 0.942. The van der Waals surface area contributed by atoms with Crippen molar-refractivity contribution in [1.82, 2.24) is 15.1 Å². The molecule has 0 spiro atoms. The van der Waals surface area contributed by atoms with Crippen molar-refractivity contribution in [3.8, 4) is 11.8 Å². The lowest BCUT2D eigenvalue weighted by atomic mass is 10.0. The SMILES string of the molecule is N#C[C@@]1(NC(=O)c2ccn(-c3cccc(F)c3)n2)CCSC1. The Labute approximate surface area is 131 Å². The smallest absolute Gasteiger partial charge is 0.273 e. The van der Waals surface area contributed by atoms with Crippen LogP contribution in [0, 0.1) is 17.1 Å². The van der Waals surface area contributed by atoms with Gasteiger partial charge in [0.05, 0.1) is 11.8 Å². The first-order valence-corrected chi connectivity index (χ1v) is 7.90. The van der Waals surface area contributed by atoms with Crippen molar-refractivity contribution in [2.45, 2.75) is 12.0 Å². The van der Waals surface area contributed by atoms with Crippen molar-refractivity contribution in [2.24, 2.45) is 0 Å². The fraction of sp³-hybridized carbons (Fsp3) is 0.267. The van der Waals surface area contributed by atoms with E-state index in [2.05, 4.69) is 16.5 Å². The van der Waals surface area contributed by atoms with Gasteiger partial charge < -0.3 is 5.32 Å². The minimum Gasteiger partial charge on any atom is -0.332 e. The Morgan fingerprint density at radius 2 is 2.36 bits per heavy atom. The second-order valence-corrected chi connectivity index (χ2v) is 6.18. The summed E-state index contributed by atoms with van der Waals surface area (Å²) in [5.74, 6) is 0.676. The molecule has 3 rings (SSSR count). The van der Waals surface area contributed by atoms with Crippen LogP contribution in [-0.2, 0) is 0 Å². The molecule has 5 nitrogen and oxygen atoms in total. The van der Waals surface area contributed by atoms with Crippen LogP contribution in [0.4, 0.5) is 4.39 Å². The maximum Gasteiger partial charge on any atom is 0.273 e. The molecule has 0 unspecified atom stereocenters. The zero-order chi connectivity index (χ0) is 15.6. The van der Waals surface area contributed by atoms with Gasteiger partial charge in [-0.2, -0.15) is 22.1 Å². The van der Waals surface area contributed by atoms with Gasteiger partial charge in [0.2, 0.25) is 0 Å². The maximum atomic E-state index is 13.2. The summed E-state index contributed by atoms with van der Waals surface area (Å²) >= 11 is 1.64. The van der Waals surface area contributed by atoms with E-state index in [-0.39, 0.29) is 17.4 Å². The first-order chi connectivity index (χ1) is 10.6. The maximum absolute atomic E-state index is 13.2. The average molecular weight is 316 g/mol. The number of carbonyl (C=O) groups excluding carboxylic acids is 1. The van der Waals surface area contributed by atoms with Crippen LogP contribution in [0.2, 0.25) is 0 Å². The van der Waals surface area contributed by atoms with Gasteiger partial charge in [0.1, 0.15) is 11.4 Å². The van der Waals surface area contributed by atoms with Crippen LogP contribution in [0.1, 0.15) is 16.9 Å². The molecule has 2 heterocycles. The third-order valence-corrected chi connectivity index (χ3v) is 4.67. The molecule has 1 aliphatic rings. The van der Waals surface area contributed by atoms with Crippen LogP contribution in [-0.4, -0.2) is 32.7 Å². The Bertz CT molecular complexity index is 746. The summed E-state index contributed by atoms with van der Waals surface area (Å²) in [5.41, 5.74) is -0.0778. The van der Waals surface area contributed by atoms with Crippen molar-refractivity contribution in [3.63, 3.8) is 0 Å². The lowest BCUT2D eigenvalue weighted by Gasteiger charge is -2.20. The van der Waals surface area contributed by atoms with E-state index in [1.807, 2.05) is 0 Å². The Morgan fingerprint density at radius 3 is 3.05 bits per heavy atom. The summed E-state index contributed by atoms with van der Waals surface area (Å²) in [4.78, 5) is 12.3. The summed E-state index contributed by atoms with van der Waals surface area (Å²) in [6.07, 6.45) is 2.22. The zero-order valence-electron chi connectivity index (χ0n) is 11.6. The van der Waals surface area contributed by atoms with Gasteiger partial charge in [-0.3, -0.25) is 4.79 Å². The molecule has 1 fully saturated rings. The van der Waals surface area contributed by atoms with E-state index in [0.717, 1.165) is 5.75 Å². The van der Waals surface area contributed by atoms with Crippen molar-refractivity contribution in [1.29, 1.82) is 5.26 Å². The molecule has 0 bridgehead atoms. The normalized spacial score (nSPS) is 20.5. The number of carbonyl (C=O) groups is 1. The Morgan fingerprint density at radius 1 is 1.50 bits per heavy atom. The van der Waals surface area contributed by atoms with E-state index < -0.39 is 5.54 Å². The highest BCUT2D eigenvalue weighted by Crippen LogP contribution is 2.27. The van der Waals surface area contributed by atoms with E-state index in [1.165, 1.54) is 16.8 Å². The minimum absolute atomic E-state index is 0.204. The molecule has 1 aliphatic heterocycles. The number of aromatic nitrogens is 2. The topological polar surface area (TPSA) is 70.7 Å². The molecular formula is C15H13FN4OS. The molecule has 1 saturated heterocycles. The van der Waals surface area contributed by atoms with Crippen molar-refractivity contribution < 1.29 is 9.18 Å². The molecule has 7 heteroatoms. The van der Waals surface area contributed by atoms with E-state index in [1.54, 1.807) is 36.2 Å². The number of nitrogens with zero attached hydrogens (tertiary/aromatic N) is 3. The van der Waals surface area contributed by atoms with Crippen molar-refractivity contribution in [3.05, 3.63) is 48.0 Å². The van der Waals surface area contributed by atoms with Gasteiger partial charge in [-0.05, 0) is 36.4 Å². The third kappa shape index (κ3) is 2.83. The lowest BCUT2D eigenvalue weighted by Crippen LogP contribution is -2.47. The highest BCUT2D eigenvalue weighted by atomic mass is 32.2. The second kappa shape index (κ2) is 5.81. The van der Waals surface area contributed by atoms with Gasteiger partial charge in [-0.1, -0.05) is 6.07 Å². The Hall–Kier alpha value is -2.33. The lowest BCUT2D eigenvalue weighted by molar-refractivity contribution is 0.0920. The zero-order valence-corrected chi connectivity index (χ0v) is 12.4. The fourth-order valence-electron chi connectivity index (χ4n) is 2.27. The van der Waals surface area contributed by atoms with Gasteiger partial charge in [0.15, 0.2) is 5.69 Å². The Balaban J connectivity index is 1.79. The van der Waals surface area contributed by atoms with Gasteiger partial charge >= 0.3 is 0 Å². The third-order valence-electron chi connectivity index (χ3n) is 3.48. The van der Waals surface area contributed by atoms with E-state index >= 15 is 0 Å². The first-order valence-electron chi connectivity index (χ1n) is 6.75. The molecule has 0 aliphatic carbocycles. The molecule has 112 valence electrons. The number of halogens is 1. The number of nitriles is 1. The summed E-state index contributed by atoms with van der Waals surface area (Å²) < 4.78 is 14.7. The second-order valence-electron chi connectivity index (χ2n) is 5.08. The number of amides is 1. The molecule has 1 aromatic carbocycles. The monoisotopic (exact) mass is 316 g/mol. The number of hydrogen-bond acceptors (Lipinski definition) is 4. The standard InChI is InChI=1S/C15H13FN4OS/c16-11-2-1-3-12(8-11)20-6-4-13(19-20)14(21)18-15(9-17)5-7-22-10-15/h1-4,6,8H,5,7,10H2,(H,18,21)/t15-/m0/s1. The molecule has 22 heavy (non-hydrogen) atoms. The number of nitrogens with one attached hydrogen (secondary N) is 1. The van der Waals surface area contributed by atoms with Crippen LogP contribution in [0.15, 0.2) is 36.5 Å². The fourth-order valence-corrected chi connectivity index (χ4v) is 3.54. The minimum atomic E-state index is -0.815. The molecular weight excluding hydrogens is 303 g/mol. The molecule has 1 amide bonds. The van der Waals surface area contributed by atoms with Crippen LogP contribution in [0.25, 0.3) is 5.69 Å². The first kappa shape index (κ1) is 14.6. The summed E-state index contributed by atoms with van der Waals surface area (Å²) in [6, 6.07) is 9.68. The van der Waals surface area contributed by atoms with Crippen molar-refractivity contribution >= 4 is 17.7 Å². The van der Waals surface area contributed by atoms with Gasteiger partial charge in [-0.25, -0.2) is 9.07 Å². The van der Waals surface area contributed by atoms with Gasteiger partial charge in [-0.15, -0.1) is 0 Å². The molecule has 0 radical (unpaired) electrons. The molecule has 1 atom stereocenters. The molecule has 1 aromatic heterocycles. The molecule has 2 aromatic rings. The molecule has 0 saturated carbocycles. The predicted octanol–water partition coefficient (Wildman–Crippen LogP) is 2.14. The molecule has 1 N–H and O–H groups in total. The van der Waals surface area contributed by atoms with Crippen LogP contribution < -0.4 is 5.32 Å². The number of thioether (sulfide) groups is 1. The van der Waals surface area contributed by atoms with Gasteiger partial charge in [0, 0.05) is 11.9 Å².